The molecule has 0 radical (unpaired) electrons. The van der Waals surface area contributed by atoms with Crippen molar-refractivity contribution in [1.29, 1.82) is 0 Å². The Morgan fingerprint density at radius 1 is 0.920 bits per heavy atom. The van der Waals surface area contributed by atoms with E-state index in [0.717, 1.165) is 18.4 Å². The van der Waals surface area contributed by atoms with Crippen LogP contribution in [0.25, 0.3) is 0 Å². The molecular weight excluding hydrogens is 308 g/mol. The first-order valence-electron chi connectivity index (χ1n) is 10.4. The molecule has 1 rings (SSSR count). The molecular formula is C23H38O2. The minimum atomic E-state index is -0.138. The summed E-state index contributed by atoms with van der Waals surface area (Å²) in [5.41, 5.74) is 0.814. The van der Waals surface area contributed by atoms with Crippen LogP contribution in [0.1, 0.15) is 91.4 Å². The number of carbonyl (C=O) groups excluding carboxylic acids is 1. The van der Waals surface area contributed by atoms with E-state index >= 15 is 0 Å². The average molecular weight is 347 g/mol. The second-order valence-corrected chi connectivity index (χ2v) is 7.44. The smallest absolute Gasteiger partial charge is 0.334 e. The number of unbranched alkanes of at least 4 members (excludes halogenated alkanes) is 8. The summed E-state index contributed by atoms with van der Waals surface area (Å²) in [6.07, 6.45) is 24.5. The Hall–Kier alpha value is -1.31. The van der Waals surface area contributed by atoms with Gasteiger partial charge in [0.25, 0.3) is 0 Å². The van der Waals surface area contributed by atoms with Gasteiger partial charge in [0.15, 0.2) is 0 Å². The Morgan fingerprint density at radius 3 is 2.16 bits per heavy atom. The van der Waals surface area contributed by atoms with Crippen LogP contribution in [0.5, 0.6) is 0 Å². The van der Waals surface area contributed by atoms with Crippen molar-refractivity contribution in [2.75, 3.05) is 0 Å². The van der Waals surface area contributed by atoms with Crippen LogP contribution in [-0.2, 0) is 9.53 Å². The number of rotatable bonds is 14. The third-order valence-corrected chi connectivity index (χ3v) is 4.66. The van der Waals surface area contributed by atoms with Gasteiger partial charge in [-0.1, -0.05) is 77.2 Å². The van der Waals surface area contributed by atoms with Crippen molar-refractivity contribution in [3.8, 4) is 0 Å². The lowest BCUT2D eigenvalue weighted by atomic mass is 10.1. The predicted molar refractivity (Wildman–Crippen MR) is 108 cm³/mol. The molecule has 0 spiro atoms. The second-order valence-electron chi connectivity index (χ2n) is 7.44. The van der Waals surface area contributed by atoms with Gasteiger partial charge in [-0.3, -0.25) is 0 Å². The summed E-state index contributed by atoms with van der Waals surface area (Å²) in [7, 11) is 0. The zero-order chi connectivity index (χ0) is 18.3. The molecule has 0 saturated heterocycles. The van der Waals surface area contributed by atoms with E-state index in [2.05, 4.69) is 45.1 Å². The maximum Gasteiger partial charge on any atom is 0.334 e. The number of carbonyl (C=O) groups is 1. The fraction of sp³-hybridized carbons (Fsp3) is 0.696. The SMILES string of the molecule is CCCCCCCC/C=C/CCC/C=C/CC1=CC(C(C)C)OC1=O. The maximum atomic E-state index is 11.7. The van der Waals surface area contributed by atoms with Crippen LogP contribution in [0.2, 0.25) is 0 Å². The molecule has 1 unspecified atom stereocenters. The monoisotopic (exact) mass is 346 g/mol. The Morgan fingerprint density at radius 2 is 1.52 bits per heavy atom. The molecule has 0 N–H and O–H groups in total. The second kappa shape index (κ2) is 13.9. The third kappa shape index (κ3) is 10.3. The summed E-state index contributed by atoms with van der Waals surface area (Å²) in [5, 5.41) is 0. The van der Waals surface area contributed by atoms with Gasteiger partial charge in [-0.2, -0.15) is 0 Å². The van der Waals surface area contributed by atoms with E-state index in [1.165, 1.54) is 51.4 Å². The van der Waals surface area contributed by atoms with Gasteiger partial charge in [0.05, 0.1) is 0 Å². The summed E-state index contributed by atoms with van der Waals surface area (Å²) in [6.45, 7) is 6.42. The van der Waals surface area contributed by atoms with Crippen molar-refractivity contribution in [3.05, 3.63) is 36.0 Å². The third-order valence-electron chi connectivity index (χ3n) is 4.66. The standard InChI is InChI=1S/C23H38O2/c1-4-5-6-7-8-9-10-11-12-13-14-15-16-17-18-21-19-22(20(2)3)25-23(21)24/h11-12,16-17,19-20,22H,4-10,13-15,18H2,1-3H3/b12-11+,17-16+. The zero-order valence-electron chi connectivity index (χ0n) is 16.6. The van der Waals surface area contributed by atoms with Gasteiger partial charge in [0.2, 0.25) is 0 Å². The quantitative estimate of drug-likeness (QED) is 0.194. The lowest BCUT2D eigenvalue weighted by molar-refractivity contribution is -0.141. The molecule has 1 heterocycles. The number of hydrogen-bond donors (Lipinski definition) is 0. The lowest BCUT2D eigenvalue weighted by Gasteiger charge is -2.10. The van der Waals surface area contributed by atoms with Crippen molar-refractivity contribution in [1.82, 2.24) is 0 Å². The zero-order valence-corrected chi connectivity index (χ0v) is 16.6. The van der Waals surface area contributed by atoms with Crippen molar-refractivity contribution >= 4 is 5.97 Å². The topological polar surface area (TPSA) is 26.3 Å². The van der Waals surface area contributed by atoms with E-state index in [9.17, 15) is 4.79 Å². The Labute approximate surface area is 155 Å². The Kier molecular flexibility index (Phi) is 12.1. The van der Waals surface area contributed by atoms with Crippen LogP contribution >= 0.6 is 0 Å². The number of cyclic esters (lactones) is 1. The minimum Gasteiger partial charge on any atom is -0.454 e. The molecule has 0 aliphatic carbocycles. The molecule has 0 aromatic rings. The van der Waals surface area contributed by atoms with Crippen LogP contribution in [0.15, 0.2) is 36.0 Å². The molecule has 0 bridgehead atoms. The first kappa shape index (κ1) is 21.7. The maximum absolute atomic E-state index is 11.7. The summed E-state index contributed by atoms with van der Waals surface area (Å²) >= 11 is 0. The average Bonchev–Trinajstić information content (AvgIpc) is 2.96. The molecule has 2 heteroatoms. The van der Waals surface area contributed by atoms with Crippen molar-refractivity contribution in [2.24, 2.45) is 5.92 Å². The summed E-state index contributed by atoms with van der Waals surface area (Å²) in [5.74, 6) is 0.217. The van der Waals surface area contributed by atoms with Crippen molar-refractivity contribution < 1.29 is 9.53 Å². The van der Waals surface area contributed by atoms with E-state index in [0.29, 0.717) is 12.3 Å². The number of ether oxygens (including phenoxy) is 1. The first-order valence-corrected chi connectivity index (χ1v) is 10.4. The molecule has 2 nitrogen and oxygen atoms in total. The summed E-state index contributed by atoms with van der Waals surface area (Å²) in [6, 6.07) is 0. The summed E-state index contributed by atoms with van der Waals surface area (Å²) in [4.78, 5) is 11.7. The molecule has 0 fully saturated rings. The molecule has 142 valence electrons. The van der Waals surface area contributed by atoms with Crippen LogP contribution in [-0.4, -0.2) is 12.1 Å². The molecule has 0 amide bonds. The molecule has 0 saturated carbocycles. The highest BCUT2D eigenvalue weighted by Crippen LogP contribution is 2.22. The normalized spacial score (nSPS) is 17.8. The van der Waals surface area contributed by atoms with Crippen LogP contribution in [0, 0.1) is 5.92 Å². The number of hydrogen-bond acceptors (Lipinski definition) is 2. The van der Waals surface area contributed by atoms with Gasteiger partial charge in [-0.25, -0.2) is 4.79 Å². The van der Waals surface area contributed by atoms with Gasteiger partial charge in [-0.05, 0) is 50.5 Å². The highest BCUT2D eigenvalue weighted by molar-refractivity contribution is 5.91. The predicted octanol–water partition coefficient (Wildman–Crippen LogP) is 6.92. The minimum absolute atomic E-state index is 0.0346. The molecule has 1 aliphatic rings. The van der Waals surface area contributed by atoms with Gasteiger partial charge in [0.1, 0.15) is 6.10 Å². The van der Waals surface area contributed by atoms with Crippen LogP contribution in [0.4, 0.5) is 0 Å². The highest BCUT2D eigenvalue weighted by atomic mass is 16.5. The molecule has 1 atom stereocenters. The molecule has 1 aliphatic heterocycles. The van der Waals surface area contributed by atoms with Crippen LogP contribution < -0.4 is 0 Å². The van der Waals surface area contributed by atoms with Crippen molar-refractivity contribution in [2.45, 2.75) is 97.5 Å². The number of esters is 1. The van der Waals surface area contributed by atoms with E-state index in [1.807, 2.05) is 6.08 Å². The lowest BCUT2D eigenvalue weighted by Crippen LogP contribution is -2.14. The highest BCUT2D eigenvalue weighted by Gasteiger charge is 2.26. The van der Waals surface area contributed by atoms with Gasteiger partial charge in [-0.15, -0.1) is 0 Å². The van der Waals surface area contributed by atoms with Gasteiger partial charge >= 0.3 is 5.97 Å². The summed E-state index contributed by atoms with van der Waals surface area (Å²) < 4.78 is 5.33. The molecule has 25 heavy (non-hydrogen) atoms. The van der Waals surface area contributed by atoms with Gasteiger partial charge < -0.3 is 4.74 Å². The number of allylic oxidation sites excluding steroid dienone is 4. The van der Waals surface area contributed by atoms with E-state index in [4.69, 9.17) is 4.74 Å². The van der Waals surface area contributed by atoms with E-state index in [-0.39, 0.29) is 12.1 Å². The Bertz CT molecular complexity index is 443. The van der Waals surface area contributed by atoms with E-state index in [1.54, 1.807) is 0 Å². The first-order chi connectivity index (χ1) is 12.1. The van der Waals surface area contributed by atoms with Gasteiger partial charge in [0, 0.05) is 5.57 Å². The van der Waals surface area contributed by atoms with E-state index < -0.39 is 0 Å². The van der Waals surface area contributed by atoms with Crippen LogP contribution in [0.3, 0.4) is 0 Å². The fourth-order valence-corrected chi connectivity index (χ4v) is 2.94. The molecule has 0 aromatic carbocycles. The largest absolute Gasteiger partial charge is 0.454 e. The van der Waals surface area contributed by atoms with Crippen molar-refractivity contribution in [3.63, 3.8) is 0 Å². The fourth-order valence-electron chi connectivity index (χ4n) is 2.94. The molecule has 0 aromatic heterocycles. The Balaban J connectivity index is 1.99.